The maximum absolute atomic E-state index is 14.3. The van der Waals surface area contributed by atoms with Crippen LogP contribution >= 0.6 is 0 Å². The van der Waals surface area contributed by atoms with E-state index in [0.29, 0.717) is 11.1 Å². The second-order valence-electron chi connectivity index (χ2n) is 4.59. The molecule has 1 atom stereocenters. The summed E-state index contributed by atoms with van der Waals surface area (Å²) in [4.78, 5) is 11.4. The molecule has 16 heavy (non-hydrogen) atoms. The van der Waals surface area contributed by atoms with E-state index in [2.05, 4.69) is 0 Å². The number of alkyl halides is 1. The lowest BCUT2D eigenvalue weighted by Crippen LogP contribution is -2.09. The molecule has 0 bridgehead atoms. The molecule has 0 spiro atoms. The summed E-state index contributed by atoms with van der Waals surface area (Å²) in [7, 11) is 0. The first-order valence-corrected chi connectivity index (χ1v) is 5.94. The molecule has 1 aromatic rings. The predicted molar refractivity (Wildman–Crippen MR) is 62.3 cm³/mol. The molecular weight excluding hydrogens is 203 g/mol. The molecule has 0 amide bonds. The van der Waals surface area contributed by atoms with Crippen LogP contribution in [0.5, 0.6) is 0 Å². The highest BCUT2D eigenvalue weighted by Gasteiger charge is 2.28. The van der Waals surface area contributed by atoms with Crippen LogP contribution in [0, 0.1) is 5.92 Å². The fourth-order valence-corrected chi connectivity index (χ4v) is 2.56. The van der Waals surface area contributed by atoms with Gasteiger partial charge in [-0.2, -0.15) is 0 Å². The van der Waals surface area contributed by atoms with Crippen molar-refractivity contribution in [2.75, 3.05) is 0 Å². The van der Waals surface area contributed by atoms with Gasteiger partial charge in [-0.25, -0.2) is 4.39 Å². The van der Waals surface area contributed by atoms with Gasteiger partial charge in [0, 0.05) is 5.56 Å². The van der Waals surface area contributed by atoms with E-state index in [1.165, 1.54) is 6.92 Å². The minimum absolute atomic E-state index is 0.0451. The number of carbonyl (C=O) groups excluding carboxylic acids is 1. The number of ketones is 1. The van der Waals surface area contributed by atoms with Crippen molar-refractivity contribution in [2.45, 2.75) is 38.8 Å². The normalized spacial score (nSPS) is 18.6. The topological polar surface area (TPSA) is 17.1 Å². The van der Waals surface area contributed by atoms with Crippen LogP contribution in [-0.2, 0) is 0 Å². The summed E-state index contributed by atoms with van der Waals surface area (Å²) in [6.07, 6.45) is 3.17. The molecule has 0 saturated heterocycles. The van der Waals surface area contributed by atoms with Crippen molar-refractivity contribution in [2.24, 2.45) is 5.92 Å². The fraction of sp³-hybridized carbons (Fsp3) is 0.500. The Kier molecular flexibility index (Phi) is 3.37. The zero-order valence-corrected chi connectivity index (χ0v) is 9.58. The van der Waals surface area contributed by atoms with Crippen molar-refractivity contribution in [1.82, 2.24) is 0 Å². The van der Waals surface area contributed by atoms with Gasteiger partial charge in [-0.1, -0.05) is 37.1 Å². The first kappa shape index (κ1) is 11.3. The molecule has 0 aromatic heterocycles. The van der Waals surface area contributed by atoms with Gasteiger partial charge in [0.05, 0.1) is 0 Å². The van der Waals surface area contributed by atoms with Gasteiger partial charge in [0.2, 0.25) is 0 Å². The van der Waals surface area contributed by atoms with Crippen LogP contribution in [0.3, 0.4) is 0 Å². The van der Waals surface area contributed by atoms with E-state index in [9.17, 15) is 9.18 Å². The Balaban J connectivity index is 2.27. The Morgan fingerprint density at radius 2 is 1.94 bits per heavy atom. The van der Waals surface area contributed by atoms with Crippen LogP contribution < -0.4 is 0 Å². The largest absolute Gasteiger partial charge is 0.294 e. The SMILES string of the molecule is CC(=O)c1ccccc1C(F)C1CCCC1. The Morgan fingerprint density at radius 3 is 2.56 bits per heavy atom. The Hall–Kier alpha value is -1.18. The Bertz CT molecular complexity index is 380. The van der Waals surface area contributed by atoms with Crippen LogP contribution in [0.15, 0.2) is 24.3 Å². The maximum Gasteiger partial charge on any atom is 0.160 e. The van der Waals surface area contributed by atoms with E-state index in [4.69, 9.17) is 0 Å². The van der Waals surface area contributed by atoms with Crippen LogP contribution in [0.4, 0.5) is 4.39 Å². The minimum atomic E-state index is -0.970. The van der Waals surface area contributed by atoms with E-state index in [1.807, 2.05) is 6.07 Å². The number of hydrogen-bond acceptors (Lipinski definition) is 1. The zero-order valence-electron chi connectivity index (χ0n) is 9.58. The van der Waals surface area contributed by atoms with Gasteiger partial charge in [-0.05, 0) is 31.2 Å². The Labute approximate surface area is 95.7 Å². The molecule has 0 aliphatic heterocycles. The number of Topliss-reactive ketones (excluding diaryl/α,β-unsaturated/α-hetero) is 1. The molecule has 0 N–H and O–H groups in total. The molecule has 0 heterocycles. The van der Waals surface area contributed by atoms with Crippen molar-refractivity contribution >= 4 is 5.78 Å². The molecule has 86 valence electrons. The molecule has 1 unspecified atom stereocenters. The highest BCUT2D eigenvalue weighted by Crippen LogP contribution is 2.39. The third kappa shape index (κ3) is 2.16. The lowest BCUT2D eigenvalue weighted by atomic mass is 9.91. The molecule has 0 radical (unpaired) electrons. The second-order valence-corrected chi connectivity index (χ2v) is 4.59. The quantitative estimate of drug-likeness (QED) is 0.701. The standard InChI is InChI=1S/C14H17FO/c1-10(16)12-8-4-5-9-13(12)14(15)11-6-2-3-7-11/h4-5,8-9,11,14H,2-3,6-7H2,1H3. The van der Waals surface area contributed by atoms with Gasteiger partial charge in [0.1, 0.15) is 6.17 Å². The number of benzene rings is 1. The smallest absolute Gasteiger partial charge is 0.160 e. The molecule has 1 aromatic carbocycles. The third-order valence-electron chi connectivity index (χ3n) is 3.45. The molecule has 1 aliphatic rings. The molecule has 1 aliphatic carbocycles. The van der Waals surface area contributed by atoms with E-state index in [1.54, 1.807) is 18.2 Å². The van der Waals surface area contributed by atoms with Crippen molar-refractivity contribution in [3.05, 3.63) is 35.4 Å². The van der Waals surface area contributed by atoms with Crippen LogP contribution in [0.25, 0.3) is 0 Å². The number of halogens is 1. The molecule has 2 heteroatoms. The highest BCUT2D eigenvalue weighted by atomic mass is 19.1. The lowest BCUT2D eigenvalue weighted by Gasteiger charge is -2.17. The van der Waals surface area contributed by atoms with Gasteiger partial charge in [0.15, 0.2) is 5.78 Å². The van der Waals surface area contributed by atoms with Gasteiger partial charge in [-0.3, -0.25) is 4.79 Å². The molecule has 1 fully saturated rings. The van der Waals surface area contributed by atoms with Gasteiger partial charge < -0.3 is 0 Å². The second kappa shape index (κ2) is 4.77. The third-order valence-corrected chi connectivity index (χ3v) is 3.45. The fourth-order valence-electron chi connectivity index (χ4n) is 2.56. The van der Waals surface area contributed by atoms with Crippen molar-refractivity contribution in [3.8, 4) is 0 Å². The maximum atomic E-state index is 14.3. The molecule has 2 rings (SSSR count). The molecule has 1 saturated carbocycles. The summed E-state index contributed by atoms with van der Waals surface area (Å²) < 4.78 is 14.3. The molecular formula is C14H17FO. The highest BCUT2D eigenvalue weighted by molar-refractivity contribution is 5.95. The average molecular weight is 220 g/mol. The van der Waals surface area contributed by atoms with Gasteiger partial charge in [-0.15, -0.1) is 0 Å². The first-order chi connectivity index (χ1) is 7.70. The number of carbonyl (C=O) groups is 1. The van der Waals surface area contributed by atoms with Crippen molar-refractivity contribution < 1.29 is 9.18 Å². The van der Waals surface area contributed by atoms with E-state index < -0.39 is 6.17 Å². The molecule has 1 nitrogen and oxygen atoms in total. The summed E-state index contributed by atoms with van der Waals surface area (Å²) in [6.45, 7) is 1.50. The van der Waals surface area contributed by atoms with E-state index in [-0.39, 0.29) is 11.7 Å². The van der Waals surface area contributed by atoms with Gasteiger partial charge in [0.25, 0.3) is 0 Å². The van der Waals surface area contributed by atoms with Crippen molar-refractivity contribution in [1.29, 1.82) is 0 Å². The first-order valence-electron chi connectivity index (χ1n) is 5.94. The number of rotatable bonds is 3. The summed E-state index contributed by atoms with van der Waals surface area (Å²) in [5.74, 6) is 0.0664. The minimum Gasteiger partial charge on any atom is -0.294 e. The predicted octanol–water partition coefficient (Wildman–Crippen LogP) is 4.09. The van der Waals surface area contributed by atoms with Crippen LogP contribution in [0.2, 0.25) is 0 Å². The van der Waals surface area contributed by atoms with E-state index >= 15 is 0 Å². The summed E-state index contributed by atoms with van der Waals surface area (Å²) in [5.41, 5.74) is 1.13. The average Bonchev–Trinajstić information content (AvgIpc) is 2.81. The zero-order chi connectivity index (χ0) is 11.5. The summed E-state index contributed by atoms with van der Waals surface area (Å²) in [6, 6.07) is 7.07. The summed E-state index contributed by atoms with van der Waals surface area (Å²) >= 11 is 0. The Morgan fingerprint density at radius 1 is 1.31 bits per heavy atom. The number of hydrogen-bond donors (Lipinski definition) is 0. The van der Waals surface area contributed by atoms with E-state index in [0.717, 1.165) is 25.7 Å². The van der Waals surface area contributed by atoms with Crippen LogP contribution in [0.1, 0.15) is 54.7 Å². The van der Waals surface area contributed by atoms with Crippen LogP contribution in [-0.4, -0.2) is 5.78 Å². The van der Waals surface area contributed by atoms with Gasteiger partial charge >= 0.3 is 0 Å². The van der Waals surface area contributed by atoms with Crippen molar-refractivity contribution in [3.63, 3.8) is 0 Å². The lowest BCUT2D eigenvalue weighted by molar-refractivity contribution is 0.101. The monoisotopic (exact) mass is 220 g/mol. The summed E-state index contributed by atoms with van der Waals surface area (Å²) in [5, 5.41) is 0.